The average Bonchev–Trinajstić information content (AvgIpc) is 2.50. The lowest BCUT2D eigenvalue weighted by Crippen LogP contribution is -2.01. The van der Waals surface area contributed by atoms with Crippen molar-refractivity contribution in [2.75, 3.05) is 7.11 Å². The van der Waals surface area contributed by atoms with E-state index in [4.69, 9.17) is 9.84 Å². The van der Waals surface area contributed by atoms with Crippen LogP contribution in [-0.4, -0.2) is 23.3 Å². The highest BCUT2D eigenvalue weighted by molar-refractivity contribution is 7.09. The Hall–Kier alpha value is -0.450. The van der Waals surface area contributed by atoms with Crippen LogP contribution in [0.25, 0.3) is 0 Å². The van der Waals surface area contributed by atoms with Crippen LogP contribution in [0.1, 0.15) is 24.0 Å². The number of ether oxygens (including phenoxy) is 1. The topological polar surface area (TPSA) is 42.4 Å². The highest BCUT2D eigenvalue weighted by Crippen LogP contribution is 2.12. The molecule has 1 aromatic rings. The molecule has 1 heterocycles. The number of hydrogen-bond acceptors (Lipinski definition) is 4. The van der Waals surface area contributed by atoms with Crippen LogP contribution in [-0.2, 0) is 17.8 Å². The number of rotatable bonds is 5. The molecule has 1 aromatic heterocycles. The maximum absolute atomic E-state index is 9.07. The number of aliphatic hydroxyl groups is 1. The second kappa shape index (κ2) is 5.32. The Labute approximate surface area is 82.4 Å². The number of methoxy groups -OCH3 is 1. The SMILES string of the molecule is COCc1nc(CC[C@@H](C)O)cs1. The van der Waals surface area contributed by atoms with E-state index in [1.54, 1.807) is 25.4 Å². The summed E-state index contributed by atoms with van der Waals surface area (Å²) in [6.45, 7) is 2.38. The molecule has 0 saturated heterocycles. The Morgan fingerprint density at radius 1 is 1.69 bits per heavy atom. The van der Waals surface area contributed by atoms with Crippen molar-refractivity contribution in [2.45, 2.75) is 32.5 Å². The Morgan fingerprint density at radius 3 is 3.08 bits per heavy atom. The van der Waals surface area contributed by atoms with Gasteiger partial charge in [-0.1, -0.05) is 0 Å². The van der Waals surface area contributed by atoms with E-state index in [1.807, 2.05) is 5.38 Å². The summed E-state index contributed by atoms with van der Waals surface area (Å²) >= 11 is 1.61. The van der Waals surface area contributed by atoms with Gasteiger partial charge in [0.1, 0.15) is 5.01 Å². The first-order valence-electron chi connectivity index (χ1n) is 4.32. The van der Waals surface area contributed by atoms with Gasteiger partial charge in [0.05, 0.1) is 18.4 Å². The van der Waals surface area contributed by atoms with Crippen molar-refractivity contribution in [3.63, 3.8) is 0 Å². The monoisotopic (exact) mass is 201 g/mol. The highest BCUT2D eigenvalue weighted by atomic mass is 32.1. The van der Waals surface area contributed by atoms with Gasteiger partial charge in [0.2, 0.25) is 0 Å². The normalized spacial score (nSPS) is 13.2. The molecule has 0 bridgehead atoms. The molecule has 1 N–H and O–H groups in total. The number of aromatic nitrogens is 1. The average molecular weight is 201 g/mol. The molecule has 0 amide bonds. The lowest BCUT2D eigenvalue weighted by atomic mass is 10.2. The van der Waals surface area contributed by atoms with Crippen molar-refractivity contribution in [3.8, 4) is 0 Å². The van der Waals surface area contributed by atoms with E-state index in [1.165, 1.54) is 0 Å². The fourth-order valence-electron chi connectivity index (χ4n) is 1.01. The second-order valence-electron chi connectivity index (χ2n) is 3.05. The molecular formula is C9H15NO2S. The fourth-order valence-corrected chi connectivity index (χ4v) is 1.81. The maximum atomic E-state index is 9.07. The van der Waals surface area contributed by atoms with Crippen molar-refractivity contribution < 1.29 is 9.84 Å². The van der Waals surface area contributed by atoms with Crippen molar-refractivity contribution >= 4 is 11.3 Å². The van der Waals surface area contributed by atoms with Crippen molar-refractivity contribution in [1.82, 2.24) is 4.98 Å². The van der Waals surface area contributed by atoms with Crippen molar-refractivity contribution in [3.05, 3.63) is 16.1 Å². The second-order valence-corrected chi connectivity index (χ2v) is 4.00. The van der Waals surface area contributed by atoms with Gasteiger partial charge in [0.15, 0.2) is 0 Å². The van der Waals surface area contributed by atoms with E-state index in [2.05, 4.69) is 4.98 Å². The van der Waals surface area contributed by atoms with Crippen LogP contribution >= 0.6 is 11.3 Å². The number of aryl methyl sites for hydroxylation is 1. The van der Waals surface area contributed by atoms with E-state index in [0.29, 0.717) is 6.61 Å². The van der Waals surface area contributed by atoms with Crippen molar-refractivity contribution in [1.29, 1.82) is 0 Å². The third kappa shape index (κ3) is 3.85. The minimum Gasteiger partial charge on any atom is -0.393 e. The molecule has 0 unspecified atom stereocenters. The van der Waals surface area contributed by atoms with E-state index < -0.39 is 0 Å². The van der Waals surface area contributed by atoms with Gasteiger partial charge in [-0.05, 0) is 19.8 Å². The smallest absolute Gasteiger partial charge is 0.119 e. The minimum absolute atomic E-state index is 0.243. The largest absolute Gasteiger partial charge is 0.393 e. The first-order valence-corrected chi connectivity index (χ1v) is 5.20. The van der Waals surface area contributed by atoms with Gasteiger partial charge in [0.25, 0.3) is 0 Å². The van der Waals surface area contributed by atoms with Gasteiger partial charge < -0.3 is 9.84 Å². The van der Waals surface area contributed by atoms with Crippen LogP contribution < -0.4 is 0 Å². The van der Waals surface area contributed by atoms with E-state index in [9.17, 15) is 0 Å². The lowest BCUT2D eigenvalue weighted by Gasteiger charge is -1.99. The predicted octanol–water partition coefficient (Wildman–Crippen LogP) is 1.60. The van der Waals surface area contributed by atoms with Crippen LogP contribution in [0, 0.1) is 0 Å². The zero-order chi connectivity index (χ0) is 9.68. The first-order chi connectivity index (χ1) is 6.22. The third-order valence-corrected chi connectivity index (χ3v) is 2.56. The Morgan fingerprint density at radius 2 is 2.46 bits per heavy atom. The summed E-state index contributed by atoms with van der Waals surface area (Å²) in [5.74, 6) is 0. The molecule has 3 nitrogen and oxygen atoms in total. The third-order valence-electron chi connectivity index (χ3n) is 1.69. The summed E-state index contributed by atoms with van der Waals surface area (Å²) in [5, 5.41) is 12.1. The van der Waals surface area contributed by atoms with Gasteiger partial charge in [-0.25, -0.2) is 4.98 Å². The number of thiazole rings is 1. The fraction of sp³-hybridized carbons (Fsp3) is 0.667. The Kier molecular flexibility index (Phi) is 4.35. The quantitative estimate of drug-likeness (QED) is 0.787. The molecule has 0 aliphatic heterocycles. The van der Waals surface area contributed by atoms with E-state index >= 15 is 0 Å². The van der Waals surface area contributed by atoms with Crippen LogP contribution in [0.2, 0.25) is 0 Å². The molecule has 0 saturated carbocycles. The Balaban J connectivity index is 2.39. The summed E-state index contributed by atoms with van der Waals surface area (Å²) in [7, 11) is 1.66. The summed E-state index contributed by atoms with van der Waals surface area (Å²) in [6.07, 6.45) is 1.38. The van der Waals surface area contributed by atoms with Gasteiger partial charge in [-0.15, -0.1) is 11.3 Å². The van der Waals surface area contributed by atoms with Crippen LogP contribution in [0.4, 0.5) is 0 Å². The lowest BCUT2D eigenvalue weighted by molar-refractivity contribution is 0.182. The minimum atomic E-state index is -0.243. The molecule has 0 radical (unpaired) electrons. The molecule has 0 spiro atoms. The van der Waals surface area contributed by atoms with Gasteiger partial charge in [-0.2, -0.15) is 0 Å². The highest BCUT2D eigenvalue weighted by Gasteiger charge is 2.03. The molecule has 0 aromatic carbocycles. The summed E-state index contributed by atoms with van der Waals surface area (Å²) in [6, 6.07) is 0. The molecule has 0 aliphatic carbocycles. The van der Waals surface area contributed by atoms with E-state index in [0.717, 1.165) is 23.5 Å². The summed E-state index contributed by atoms with van der Waals surface area (Å²) < 4.78 is 4.97. The molecule has 4 heteroatoms. The molecule has 13 heavy (non-hydrogen) atoms. The van der Waals surface area contributed by atoms with Crippen LogP contribution in [0.3, 0.4) is 0 Å². The van der Waals surface area contributed by atoms with E-state index in [-0.39, 0.29) is 6.10 Å². The standard InChI is InChI=1S/C9H15NO2S/c1-7(11)3-4-8-6-13-9(10-8)5-12-2/h6-7,11H,3-5H2,1-2H3/t7-/m1/s1. The maximum Gasteiger partial charge on any atom is 0.119 e. The predicted molar refractivity (Wildman–Crippen MR) is 52.8 cm³/mol. The molecule has 74 valence electrons. The molecular weight excluding hydrogens is 186 g/mol. The van der Waals surface area contributed by atoms with Crippen LogP contribution in [0.5, 0.6) is 0 Å². The molecule has 1 rings (SSSR count). The molecule has 1 atom stereocenters. The number of hydrogen-bond donors (Lipinski definition) is 1. The number of nitrogens with zero attached hydrogens (tertiary/aromatic N) is 1. The summed E-state index contributed by atoms with van der Waals surface area (Å²) in [5.41, 5.74) is 1.05. The number of aliphatic hydroxyl groups excluding tert-OH is 1. The molecule has 0 aliphatic rings. The van der Waals surface area contributed by atoms with Gasteiger partial charge >= 0.3 is 0 Å². The van der Waals surface area contributed by atoms with Gasteiger partial charge in [0, 0.05) is 12.5 Å². The van der Waals surface area contributed by atoms with Crippen LogP contribution in [0.15, 0.2) is 5.38 Å². The summed E-state index contributed by atoms with van der Waals surface area (Å²) in [4.78, 5) is 4.35. The Bertz CT molecular complexity index is 248. The molecule has 0 fully saturated rings. The zero-order valence-electron chi connectivity index (χ0n) is 7.99. The van der Waals surface area contributed by atoms with Crippen molar-refractivity contribution in [2.24, 2.45) is 0 Å². The van der Waals surface area contributed by atoms with Gasteiger partial charge in [-0.3, -0.25) is 0 Å². The zero-order valence-corrected chi connectivity index (χ0v) is 8.80. The first kappa shape index (κ1) is 10.6.